The number of hydrogen-bond donors (Lipinski definition) is 2. The average Bonchev–Trinajstić information content (AvgIpc) is 2.66. The van der Waals surface area contributed by atoms with E-state index >= 15 is 0 Å². The highest BCUT2D eigenvalue weighted by molar-refractivity contribution is 5.78. The summed E-state index contributed by atoms with van der Waals surface area (Å²) in [7, 11) is 0. The van der Waals surface area contributed by atoms with Crippen molar-refractivity contribution in [1.29, 1.82) is 0 Å². The van der Waals surface area contributed by atoms with Gasteiger partial charge in [-0.05, 0) is 24.8 Å². The maximum Gasteiger partial charge on any atom is 0.189 e. The number of nitrogens with two attached hydrogens (primary N) is 1. The number of guanidine groups is 1. The molecule has 2 rings (SSSR count). The Bertz CT molecular complexity index is 304. The standard InChI is InChI=1S/C14H25N3O/c15-14(16-10-12-6-5-9-18-11-12)17-13-7-3-1-2-4-8-13/h6,13H,1-5,7-11H2,(H3,15,16,17). The van der Waals surface area contributed by atoms with E-state index in [-0.39, 0.29) is 0 Å². The Labute approximate surface area is 110 Å². The van der Waals surface area contributed by atoms with Crippen LogP contribution in [0.3, 0.4) is 0 Å². The van der Waals surface area contributed by atoms with E-state index in [0.717, 1.165) is 13.0 Å². The molecule has 1 heterocycles. The molecule has 0 amide bonds. The Kier molecular flexibility index (Phi) is 5.52. The zero-order chi connectivity index (χ0) is 12.6. The number of nitrogens with zero attached hydrogens (tertiary/aromatic N) is 1. The molecule has 0 spiro atoms. The van der Waals surface area contributed by atoms with Crippen molar-refractivity contribution in [3.63, 3.8) is 0 Å². The van der Waals surface area contributed by atoms with E-state index in [1.165, 1.54) is 44.1 Å². The van der Waals surface area contributed by atoms with E-state index in [9.17, 15) is 0 Å². The quantitative estimate of drug-likeness (QED) is 0.349. The van der Waals surface area contributed by atoms with E-state index in [2.05, 4.69) is 16.4 Å². The number of ether oxygens (including phenoxy) is 1. The summed E-state index contributed by atoms with van der Waals surface area (Å²) < 4.78 is 5.38. The van der Waals surface area contributed by atoms with Crippen molar-refractivity contribution >= 4 is 5.96 Å². The van der Waals surface area contributed by atoms with Gasteiger partial charge in [-0.25, -0.2) is 4.99 Å². The largest absolute Gasteiger partial charge is 0.377 e. The molecule has 18 heavy (non-hydrogen) atoms. The van der Waals surface area contributed by atoms with E-state index in [0.29, 0.717) is 25.2 Å². The highest BCUT2D eigenvalue weighted by Crippen LogP contribution is 2.16. The first-order chi connectivity index (χ1) is 8.84. The average molecular weight is 251 g/mol. The highest BCUT2D eigenvalue weighted by Gasteiger charge is 2.12. The molecule has 1 fully saturated rings. The third kappa shape index (κ3) is 4.69. The van der Waals surface area contributed by atoms with Crippen LogP contribution in [0.4, 0.5) is 0 Å². The van der Waals surface area contributed by atoms with Gasteiger partial charge in [0.1, 0.15) is 0 Å². The minimum atomic E-state index is 0.521. The molecule has 0 radical (unpaired) electrons. The van der Waals surface area contributed by atoms with Crippen LogP contribution in [-0.2, 0) is 4.74 Å². The molecule has 0 aromatic heterocycles. The SMILES string of the molecule is NC(=NCC1=CCCOC1)NC1CCCCCC1. The van der Waals surface area contributed by atoms with Crippen LogP contribution in [0, 0.1) is 0 Å². The summed E-state index contributed by atoms with van der Waals surface area (Å²) in [6.45, 7) is 2.22. The molecule has 0 unspecified atom stereocenters. The Balaban J connectivity index is 1.75. The van der Waals surface area contributed by atoms with Gasteiger partial charge in [0, 0.05) is 6.04 Å². The number of nitrogens with one attached hydrogen (secondary N) is 1. The van der Waals surface area contributed by atoms with E-state index in [4.69, 9.17) is 10.5 Å². The fourth-order valence-corrected chi connectivity index (χ4v) is 2.58. The first-order valence-electron chi connectivity index (χ1n) is 7.17. The molecule has 1 saturated carbocycles. The maximum atomic E-state index is 5.94. The smallest absolute Gasteiger partial charge is 0.189 e. The van der Waals surface area contributed by atoms with Crippen molar-refractivity contribution < 1.29 is 4.74 Å². The van der Waals surface area contributed by atoms with Gasteiger partial charge in [-0.3, -0.25) is 0 Å². The molecule has 1 aliphatic carbocycles. The molecule has 0 saturated heterocycles. The Morgan fingerprint density at radius 1 is 1.33 bits per heavy atom. The second-order valence-electron chi connectivity index (χ2n) is 5.24. The molecule has 0 bridgehead atoms. The maximum absolute atomic E-state index is 5.94. The van der Waals surface area contributed by atoms with Crippen molar-refractivity contribution in [1.82, 2.24) is 5.32 Å². The van der Waals surface area contributed by atoms with Crippen LogP contribution in [0.1, 0.15) is 44.9 Å². The predicted molar refractivity (Wildman–Crippen MR) is 74.6 cm³/mol. The minimum absolute atomic E-state index is 0.521. The molecule has 0 aromatic carbocycles. The van der Waals surface area contributed by atoms with Gasteiger partial charge in [0.15, 0.2) is 5.96 Å². The fraction of sp³-hybridized carbons (Fsp3) is 0.786. The predicted octanol–water partition coefficient (Wildman–Crippen LogP) is 1.96. The molecule has 1 aliphatic heterocycles. The lowest BCUT2D eigenvalue weighted by Gasteiger charge is -2.17. The van der Waals surface area contributed by atoms with Crippen LogP contribution in [0.5, 0.6) is 0 Å². The van der Waals surface area contributed by atoms with Gasteiger partial charge in [-0.1, -0.05) is 31.8 Å². The van der Waals surface area contributed by atoms with Crippen molar-refractivity contribution in [2.45, 2.75) is 51.0 Å². The molecule has 3 N–H and O–H groups in total. The summed E-state index contributed by atoms with van der Waals surface area (Å²) >= 11 is 0. The molecular weight excluding hydrogens is 226 g/mol. The van der Waals surface area contributed by atoms with Crippen molar-refractivity contribution in [2.75, 3.05) is 19.8 Å². The van der Waals surface area contributed by atoms with Crippen LogP contribution < -0.4 is 11.1 Å². The number of hydrogen-bond acceptors (Lipinski definition) is 2. The molecule has 0 aromatic rings. The van der Waals surface area contributed by atoms with Crippen LogP contribution in [-0.4, -0.2) is 31.8 Å². The summed E-state index contributed by atoms with van der Waals surface area (Å²) in [5.74, 6) is 0.591. The van der Waals surface area contributed by atoms with E-state index in [1.807, 2.05) is 0 Å². The molecule has 102 valence electrons. The topological polar surface area (TPSA) is 59.6 Å². The second-order valence-corrected chi connectivity index (χ2v) is 5.24. The Hall–Kier alpha value is -1.03. The highest BCUT2D eigenvalue weighted by atomic mass is 16.5. The lowest BCUT2D eigenvalue weighted by molar-refractivity contribution is 0.150. The molecule has 0 atom stereocenters. The number of rotatable bonds is 3. The summed E-state index contributed by atoms with van der Waals surface area (Å²) in [4.78, 5) is 4.41. The molecule has 4 nitrogen and oxygen atoms in total. The van der Waals surface area contributed by atoms with Gasteiger partial charge < -0.3 is 15.8 Å². The van der Waals surface area contributed by atoms with Crippen LogP contribution in [0.25, 0.3) is 0 Å². The van der Waals surface area contributed by atoms with Gasteiger partial charge >= 0.3 is 0 Å². The summed E-state index contributed by atoms with van der Waals surface area (Å²) in [6, 6.07) is 0.521. The summed E-state index contributed by atoms with van der Waals surface area (Å²) in [5.41, 5.74) is 7.19. The third-order valence-corrected chi connectivity index (χ3v) is 3.64. The third-order valence-electron chi connectivity index (χ3n) is 3.64. The van der Waals surface area contributed by atoms with Gasteiger partial charge in [0.25, 0.3) is 0 Å². The van der Waals surface area contributed by atoms with Gasteiger partial charge in [0.05, 0.1) is 19.8 Å². The normalized spacial score (nSPS) is 23.3. The van der Waals surface area contributed by atoms with E-state index in [1.54, 1.807) is 0 Å². The van der Waals surface area contributed by atoms with Crippen molar-refractivity contribution in [3.05, 3.63) is 11.6 Å². The van der Waals surface area contributed by atoms with E-state index < -0.39 is 0 Å². The Morgan fingerprint density at radius 3 is 2.78 bits per heavy atom. The zero-order valence-corrected chi connectivity index (χ0v) is 11.2. The summed E-state index contributed by atoms with van der Waals surface area (Å²) in [5, 5.41) is 3.36. The van der Waals surface area contributed by atoms with Crippen molar-refractivity contribution in [3.8, 4) is 0 Å². The van der Waals surface area contributed by atoms with Crippen LogP contribution in [0.2, 0.25) is 0 Å². The van der Waals surface area contributed by atoms with Crippen LogP contribution in [0.15, 0.2) is 16.6 Å². The second kappa shape index (κ2) is 7.41. The minimum Gasteiger partial charge on any atom is -0.377 e. The van der Waals surface area contributed by atoms with Gasteiger partial charge in [0.2, 0.25) is 0 Å². The van der Waals surface area contributed by atoms with Gasteiger partial charge in [-0.15, -0.1) is 0 Å². The monoisotopic (exact) mass is 251 g/mol. The first-order valence-corrected chi connectivity index (χ1v) is 7.17. The molecule has 2 aliphatic rings. The molecular formula is C14H25N3O. The first kappa shape index (κ1) is 13.4. The lowest BCUT2D eigenvalue weighted by Crippen LogP contribution is -2.40. The lowest BCUT2D eigenvalue weighted by atomic mass is 10.1. The molecule has 4 heteroatoms. The van der Waals surface area contributed by atoms with Gasteiger partial charge in [-0.2, -0.15) is 0 Å². The summed E-state index contributed by atoms with van der Waals surface area (Å²) in [6.07, 6.45) is 11.0. The van der Waals surface area contributed by atoms with Crippen molar-refractivity contribution in [2.24, 2.45) is 10.7 Å². The fourth-order valence-electron chi connectivity index (χ4n) is 2.58. The van der Waals surface area contributed by atoms with Crippen LogP contribution >= 0.6 is 0 Å². The Morgan fingerprint density at radius 2 is 2.11 bits per heavy atom. The number of aliphatic imine (C=N–C) groups is 1. The zero-order valence-electron chi connectivity index (χ0n) is 11.2.